The summed E-state index contributed by atoms with van der Waals surface area (Å²) in [5.74, 6) is 1.10. The van der Waals surface area contributed by atoms with Crippen molar-refractivity contribution in [3.63, 3.8) is 0 Å². The molecule has 0 bridgehead atoms. The van der Waals surface area contributed by atoms with Crippen LogP contribution in [-0.2, 0) is 0 Å². The Labute approximate surface area is 159 Å². The highest BCUT2D eigenvalue weighted by Gasteiger charge is 2.10. The van der Waals surface area contributed by atoms with Crippen molar-refractivity contribution in [1.29, 1.82) is 0 Å². The Bertz CT molecular complexity index is 916. The monoisotopic (exact) mass is 361 g/mol. The molecule has 2 aromatic carbocycles. The van der Waals surface area contributed by atoms with E-state index in [1.807, 2.05) is 31.2 Å². The van der Waals surface area contributed by atoms with Gasteiger partial charge in [-0.1, -0.05) is 18.2 Å². The van der Waals surface area contributed by atoms with Crippen LogP contribution in [0.3, 0.4) is 0 Å². The van der Waals surface area contributed by atoms with E-state index in [2.05, 4.69) is 47.7 Å². The average Bonchev–Trinajstić information content (AvgIpc) is 2.63. The first kappa shape index (κ1) is 18.5. The van der Waals surface area contributed by atoms with Crippen LogP contribution in [0.1, 0.15) is 28.4 Å². The molecular formula is C22H23N3O2. The maximum atomic E-state index is 12.5. The number of carbonyl (C=O) groups is 1. The van der Waals surface area contributed by atoms with Gasteiger partial charge in [-0.3, -0.25) is 4.79 Å². The van der Waals surface area contributed by atoms with Crippen molar-refractivity contribution in [3.05, 3.63) is 77.5 Å². The van der Waals surface area contributed by atoms with Gasteiger partial charge in [0, 0.05) is 11.9 Å². The lowest BCUT2D eigenvalue weighted by atomic mass is 10.1. The fourth-order valence-corrected chi connectivity index (χ4v) is 2.84. The molecule has 3 rings (SSSR count). The SMILES string of the molecule is CCOc1ccccc1NC(=O)c1ccc(Nc2cc(C)cc(C)c2)nc1. The molecule has 5 nitrogen and oxygen atoms in total. The van der Waals surface area contributed by atoms with Crippen molar-refractivity contribution in [2.75, 3.05) is 17.2 Å². The summed E-state index contributed by atoms with van der Waals surface area (Å²) < 4.78 is 5.54. The number of anilines is 3. The minimum Gasteiger partial charge on any atom is -0.492 e. The summed E-state index contributed by atoms with van der Waals surface area (Å²) in [6, 6.07) is 17.1. The zero-order valence-corrected chi connectivity index (χ0v) is 15.7. The third-order valence-corrected chi connectivity index (χ3v) is 3.95. The van der Waals surface area contributed by atoms with Gasteiger partial charge in [0.2, 0.25) is 0 Å². The molecule has 0 radical (unpaired) electrons. The molecular weight excluding hydrogens is 338 g/mol. The van der Waals surface area contributed by atoms with E-state index in [9.17, 15) is 4.79 Å². The van der Waals surface area contributed by atoms with Gasteiger partial charge in [-0.05, 0) is 68.3 Å². The summed E-state index contributed by atoms with van der Waals surface area (Å²) in [5, 5.41) is 6.14. The Morgan fingerprint density at radius 2 is 1.78 bits per heavy atom. The van der Waals surface area contributed by atoms with Crippen LogP contribution in [0.2, 0.25) is 0 Å². The lowest BCUT2D eigenvalue weighted by Gasteiger charge is -2.11. The molecule has 1 aromatic heterocycles. The molecule has 27 heavy (non-hydrogen) atoms. The lowest BCUT2D eigenvalue weighted by molar-refractivity contribution is 0.102. The maximum Gasteiger partial charge on any atom is 0.257 e. The van der Waals surface area contributed by atoms with Gasteiger partial charge in [-0.15, -0.1) is 0 Å². The van der Waals surface area contributed by atoms with E-state index < -0.39 is 0 Å². The minimum atomic E-state index is -0.229. The Hall–Kier alpha value is -3.34. The third-order valence-electron chi connectivity index (χ3n) is 3.95. The summed E-state index contributed by atoms with van der Waals surface area (Å²) in [6.07, 6.45) is 1.56. The molecule has 0 atom stereocenters. The van der Waals surface area contributed by atoms with Gasteiger partial charge in [0.15, 0.2) is 0 Å². The largest absolute Gasteiger partial charge is 0.492 e. The van der Waals surface area contributed by atoms with Gasteiger partial charge in [0.25, 0.3) is 5.91 Å². The molecule has 0 saturated heterocycles. The van der Waals surface area contributed by atoms with Crippen LogP contribution in [-0.4, -0.2) is 17.5 Å². The van der Waals surface area contributed by atoms with Crippen LogP contribution in [0.4, 0.5) is 17.2 Å². The molecule has 2 N–H and O–H groups in total. The van der Waals surface area contributed by atoms with Crippen LogP contribution in [0.25, 0.3) is 0 Å². The van der Waals surface area contributed by atoms with Gasteiger partial charge in [-0.25, -0.2) is 4.98 Å². The van der Waals surface area contributed by atoms with E-state index in [0.717, 1.165) is 5.69 Å². The number of pyridine rings is 1. The molecule has 0 aliphatic rings. The number of nitrogens with one attached hydrogen (secondary N) is 2. The fraction of sp³-hybridized carbons (Fsp3) is 0.182. The number of para-hydroxylation sites is 2. The molecule has 0 aliphatic carbocycles. The Morgan fingerprint density at radius 1 is 1.04 bits per heavy atom. The number of rotatable bonds is 6. The number of aromatic nitrogens is 1. The van der Waals surface area contributed by atoms with E-state index in [-0.39, 0.29) is 5.91 Å². The zero-order chi connectivity index (χ0) is 19.2. The summed E-state index contributed by atoms with van der Waals surface area (Å²) in [7, 11) is 0. The van der Waals surface area contributed by atoms with Crippen LogP contribution in [0, 0.1) is 13.8 Å². The molecule has 0 unspecified atom stereocenters. The number of benzene rings is 2. The number of hydrogen-bond acceptors (Lipinski definition) is 4. The summed E-state index contributed by atoms with van der Waals surface area (Å²) in [4.78, 5) is 16.9. The van der Waals surface area contributed by atoms with Crippen LogP contribution < -0.4 is 15.4 Å². The molecule has 3 aromatic rings. The van der Waals surface area contributed by atoms with Crippen LogP contribution in [0.15, 0.2) is 60.8 Å². The highest BCUT2D eigenvalue weighted by Crippen LogP contribution is 2.24. The van der Waals surface area contributed by atoms with Gasteiger partial charge in [0.1, 0.15) is 11.6 Å². The molecule has 0 spiro atoms. The molecule has 0 fully saturated rings. The smallest absolute Gasteiger partial charge is 0.257 e. The van der Waals surface area contributed by atoms with E-state index in [1.54, 1.807) is 18.3 Å². The summed E-state index contributed by atoms with van der Waals surface area (Å²) in [6.45, 7) is 6.55. The zero-order valence-electron chi connectivity index (χ0n) is 15.7. The maximum absolute atomic E-state index is 12.5. The lowest BCUT2D eigenvalue weighted by Crippen LogP contribution is -2.13. The second-order valence-corrected chi connectivity index (χ2v) is 6.32. The number of hydrogen-bond donors (Lipinski definition) is 2. The molecule has 1 amide bonds. The standard InChI is InChI=1S/C22H23N3O2/c1-4-27-20-8-6-5-7-19(20)25-22(26)17-9-10-21(23-14-17)24-18-12-15(2)11-16(3)13-18/h5-14H,4H2,1-3H3,(H,23,24)(H,25,26). The van der Waals surface area contributed by atoms with Crippen molar-refractivity contribution in [1.82, 2.24) is 4.98 Å². The van der Waals surface area contributed by atoms with E-state index >= 15 is 0 Å². The third kappa shape index (κ3) is 4.85. The number of ether oxygens (including phenoxy) is 1. The van der Waals surface area contributed by atoms with Crippen LogP contribution in [0.5, 0.6) is 5.75 Å². The Balaban J connectivity index is 1.70. The van der Waals surface area contributed by atoms with Crippen molar-refractivity contribution in [2.24, 2.45) is 0 Å². The highest BCUT2D eigenvalue weighted by atomic mass is 16.5. The van der Waals surface area contributed by atoms with E-state index in [1.165, 1.54) is 11.1 Å². The molecule has 1 heterocycles. The first-order valence-electron chi connectivity index (χ1n) is 8.89. The van der Waals surface area contributed by atoms with Gasteiger partial charge >= 0.3 is 0 Å². The quantitative estimate of drug-likeness (QED) is 0.642. The highest BCUT2D eigenvalue weighted by molar-refractivity contribution is 6.04. The van der Waals surface area contributed by atoms with Gasteiger partial charge in [0.05, 0.1) is 17.9 Å². The summed E-state index contributed by atoms with van der Waals surface area (Å²) >= 11 is 0. The molecule has 0 aliphatic heterocycles. The first-order chi connectivity index (χ1) is 13.0. The van der Waals surface area contributed by atoms with Crippen LogP contribution >= 0.6 is 0 Å². The number of carbonyl (C=O) groups excluding carboxylic acids is 1. The van der Waals surface area contributed by atoms with Crippen molar-refractivity contribution in [2.45, 2.75) is 20.8 Å². The molecule has 0 saturated carbocycles. The second-order valence-electron chi connectivity index (χ2n) is 6.32. The predicted octanol–water partition coefficient (Wildman–Crippen LogP) is 5.09. The predicted molar refractivity (Wildman–Crippen MR) is 109 cm³/mol. The average molecular weight is 361 g/mol. The number of amides is 1. The van der Waals surface area contributed by atoms with E-state index in [4.69, 9.17) is 4.74 Å². The van der Waals surface area contributed by atoms with Gasteiger partial charge < -0.3 is 15.4 Å². The molecule has 138 valence electrons. The molecule has 5 heteroatoms. The van der Waals surface area contributed by atoms with Crippen molar-refractivity contribution < 1.29 is 9.53 Å². The second kappa shape index (κ2) is 8.36. The van der Waals surface area contributed by atoms with E-state index in [0.29, 0.717) is 29.4 Å². The fourth-order valence-electron chi connectivity index (χ4n) is 2.84. The first-order valence-corrected chi connectivity index (χ1v) is 8.89. The Kier molecular flexibility index (Phi) is 5.71. The minimum absolute atomic E-state index is 0.229. The van der Waals surface area contributed by atoms with Crippen molar-refractivity contribution >= 4 is 23.1 Å². The number of nitrogens with zero attached hydrogens (tertiary/aromatic N) is 1. The van der Waals surface area contributed by atoms with Crippen molar-refractivity contribution in [3.8, 4) is 5.75 Å². The normalized spacial score (nSPS) is 10.3. The topological polar surface area (TPSA) is 63.2 Å². The number of aryl methyl sites for hydroxylation is 2. The Morgan fingerprint density at radius 3 is 2.44 bits per heavy atom. The summed E-state index contributed by atoms with van der Waals surface area (Å²) in [5.41, 5.74) is 4.46. The van der Waals surface area contributed by atoms with Gasteiger partial charge in [-0.2, -0.15) is 0 Å².